The van der Waals surface area contributed by atoms with E-state index in [-0.39, 0.29) is 23.7 Å². The van der Waals surface area contributed by atoms with Crippen LogP contribution in [0.2, 0.25) is 0 Å². The molecule has 0 aliphatic heterocycles. The molecule has 0 spiro atoms. The lowest BCUT2D eigenvalue weighted by Crippen LogP contribution is -2.27. The summed E-state index contributed by atoms with van der Waals surface area (Å²) in [7, 11) is -3.61. The molecule has 2 aromatic rings. The number of benzene rings is 1. The van der Waals surface area contributed by atoms with Gasteiger partial charge in [-0.15, -0.1) is 5.10 Å². The fraction of sp³-hybridized carbons (Fsp3) is 0.357. The van der Waals surface area contributed by atoms with Gasteiger partial charge in [0.05, 0.1) is 17.6 Å². The van der Waals surface area contributed by atoms with Crippen molar-refractivity contribution in [1.29, 1.82) is 0 Å². The normalized spacial score (nSPS) is 11.8. The number of carboxylic acid groups (broad SMARTS) is 1. The summed E-state index contributed by atoms with van der Waals surface area (Å²) in [4.78, 5) is 10.9. The number of rotatable bonds is 7. The minimum Gasteiger partial charge on any atom is -0.476 e. The third-order valence-electron chi connectivity index (χ3n) is 3.25. The zero-order chi connectivity index (χ0) is 17.0. The lowest BCUT2D eigenvalue weighted by molar-refractivity contribution is 0.0690. The van der Waals surface area contributed by atoms with Gasteiger partial charge in [0.25, 0.3) is 0 Å². The highest BCUT2D eigenvalue weighted by Gasteiger charge is 2.14. The molecule has 8 nitrogen and oxygen atoms in total. The second kappa shape index (κ2) is 6.88. The number of hydrogen-bond donors (Lipinski definition) is 2. The number of sulfonamides is 1. The largest absolute Gasteiger partial charge is 0.476 e. The molecule has 0 bridgehead atoms. The van der Waals surface area contributed by atoms with Gasteiger partial charge in [0.15, 0.2) is 5.69 Å². The number of nitrogens with one attached hydrogen (secondary N) is 1. The Morgan fingerprint density at radius 1 is 1.30 bits per heavy atom. The van der Waals surface area contributed by atoms with Gasteiger partial charge >= 0.3 is 5.97 Å². The summed E-state index contributed by atoms with van der Waals surface area (Å²) in [6.45, 7) is 4.33. The van der Waals surface area contributed by atoms with E-state index in [1.54, 1.807) is 24.3 Å². The zero-order valence-corrected chi connectivity index (χ0v) is 13.6. The Hall–Kier alpha value is -2.26. The van der Waals surface area contributed by atoms with Crippen molar-refractivity contribution in [1.82, 2.24) is 19.7 Å². The van der Waals surface area contributed by atoms with Crippen LogP contribution >= 0.6 is 0 Å². The lowest BCUT2D eigenvalue weighted by atomic mass is 10.0. The van der Waals surface area contributed by atoms with Crippen molar-refractivity contribution in [3.8, 4) is 0 Å². The van der Waals surface area contributed by atoms with Crippen molar-refractivity contribution in [2.24, 2.45) is 0 Å². The van der Waals surface area contributed by atoms with Gasteiger partial charge in [-0.05, 0) is 23.6 Å². The molecule has 1 aromatic heterocycles. The minimum absolute atomic E-state index is 0.0800. The predicted octanol–water partition coefficient (Wildman–Crippen LogP) is 1.08. The van der Waals surface area contributed by atoms with Crippen molar-refractivity contribution >= 4 is 16.0 Å². The van der Waals surface area contributed by atoms with Crippen LogP contribution in [0.25, 0.3) is 0 Å². The summed E-state index contributed by atoms with van der Waals surface area (Å²) >= 11 is 0. The fourth-order valence-corrected chi connectivity index (χ4v) is 2.94. The van der Waals surface area contributed by atoms with E-state index in [1.165, 1.54) is 10.9 Å². The molecule has 1 aromatic carbocycles. The molecular formula is C14H18N4O4S. The van der Waals surface area contributed by atoms with Gasteiger partial charge in [-0.25, -0.2) is 17.9 Å². The Balaban J connectivity index is 1.96. The molecule has 0 saturated heterocycles. The van der Waals surface area contributed by atoms with Crippen molar-refractivity contribution in [2.45, 2.75) is 31.2 Å². The van der Waals surface area contributed by atoms with Crippen molar-refractivity contribution < 1.29 is 18.3 Å². The number of carbonyl (C=O) groups is 1. The number of carboxylic acids is 1. The average molecular weight is 338 g/mol. The highest BCUT2D eigenvalue weighted by atomic mass is 32.2. The van der Waals surface area contributed by atoms with E-state index >= 15 is 0 Å². The van der Waals surface area contributed by atoms with Crippen LogP contribution in [0.1, 0.15) is 35.8 Å². The SMILES string of the molecule is CC(C)c1ccc(S(=O)(=O)NCCn2cc(C(=O)O)nn2)cc1. The molecule has 0 radical (unpaired) electrons. The first-order valence-corrected chi connectivity index (χ1v) is 8.51. The van der Waals surface area contributed by atoms with Crippen LogP contribution < -0.4 is 4.72 Å². The molecule has 0 aliphatic carbocycles. The summed E-state index contributed by atoms with van der Waals surface area (Å²) in [6.07, 6.45) is 1.24. The molecule has 23 heavy (non-hydrogen) atoms. The van der Waals surface area contributed by atoms with Crippen LogP contribution in [0.4, 0.5) is 0 Å². The van der Waals surface area contributed by atoms with Crippen LogP contribution in [0.15, 0.2) is 35.4 Å². The molecule has 0 atom stereocenters. The molecule has 0 unspecified atom stereocenters. The highest BCUT2D eigenvalue weighted by molar-refractivity contribution is 7.89. The number of aromatic nitrogens is 3. The second-order valence-corrected chi connectivity index (χ2v) is 7.06. The molecule has 124 valence electrons. The molecule has 2 rings (SSSR count). The fourth-order valence-electron chi connectivity index (χ4n) is 1.92. The smallest absolute Gasteiger partial charge is 0.358 e. The van der Waals surface area contributed by atoms with Gasteiger partial charge < -0.3 is 5.11 Å². The minimum atomic E-state index is -3.61. The summed E-state index contributed by atoms with van der Waals surface area (Å²) in [6, 6.07) is 6.71. The summed E-state index contributed by atoms with van der Waals surface area (Å²) in [5.41, 5.74) is 0.880. The van der Waals surface area contributed by atoms with E-state index in [0.717, 1.165) is 5.56 Å². The Kier molecular flexibility index (Phi) is 5.12. The van der Waals surface area contributed by atoms with Gasteiger partial charge in [-0.1, -0.05) is 31.2 Å². The zero-order valence-electron chi connectivity index (χ0n) is 12.8. The molecular weight excluding hydrogens is 320 g/mol. The van der Waals surface area contributed by atoms with Crippen LogP contribution in [0, 0.1) is 0 Å². The van der Waals surface area contributed by atoms with Crippen LogP contribution in [0.5, 0.6) is 0 Å². The predicted molar refractivity (Wildman–Crippen MR) is 82.7 cm³/mol. The topological polar surface area (TPSA) is 114 Å². The lowest BCUT2D eigenvalue weighted by Gasteiger charge is -2.09. The Labute approximate surface area is 134 Å². The quantitative estimate of drug-likeness (QED) is 0.781. The van der Waals surface area contributed by atoms with Crippen LogP contribution in [0.3, 0.4) is 0 Å². The Bertz CT molecular complexity index is 781. The highest BCUT2D eigenvalue weighted by Crippen LogP contribution is 2.17. The maximum Gasteiger partial charge on any atom is 0.358 e. The van der Waals surface area contributed by atoms with E-state index in [9.17, 15) is 13.2 Å². The van der Waals surface area contributed by atoms with Crippen LogP contribution in [-0.4, -0.2) is 41.0 Å². The van der Waals surface area contributed by atoms with E-state index in [1.807, 2.05) is 13.8 Å². The summed E-state index contributed by atoms with van der Waals surface area (Å²) in [5, 5.41) is 15.8. The molecule has 1 heterocycles. The number of aromatic carboxylic acids is 1. The first-order valence-electron chi connectivity index (χ1n) is 7.02. The van der Waals surface area contributed by atoms with E-state index in [0.29, 0.717) is 5.92 Å². The van der Waals surface area contributed by atoms with Gasteiger partial charge in [-0.3, -0.25) is 4.68 Å². The Morgan fingerprint density at radius 3 is 2.48 bits per heavy atom. The molecule has 0 fully saturated rings. The van der Waals surface area contributed by atoms with Gasteiger partial charge in [0.2, 0.25) is 10.0 Å². The van der Waals surface area contributed by atoms with Gasteiger partial charge in [-0.2, -0.15) is 0 Å². The van der Waals surface area contributed by atoms with Gasteiger partial charge in [0, 0.05) is 6.54 Å². The summed E-state index contributed by atoms with van der Waals surface area (Å²) in [5.74, 6) is -0.850. The third kappa shape index (κ3) is 4.36. The first kappa shape index (κ1) is 17.1. The summed E-state index contributed by atoms with van der Waals surface area (Å²) < 4.78 is 28.1. The number of hydrogen-bond acceptors (Lipinski definition) is 5. The average Bonchev–Trinajstić information content (AvgIpc) is 2.96. The molecule has 0 amide bonds. The molecule has 9 heteroatoms. The molecule has 0 aliphatic rings. The van der Waals surface area contributed by atoms with E-state index in [2.05, 4.69) is 15.0 Å². The Morgan fingerprint density at radius 2 is 1.96 bits per heavy atom. The maximum absolute atomic E-state index is 12.2. The van der Waals surface area contributed by atoms with Crippen molar-refractivity contribution in [3.05, 3.63) is 41.7 Å². The second-order valence-electron chi connectivity index (χ2n) is 5.29. The third-order valence-corrected chi connectivity index (χ3v) is 4.72. The number of nitrogens with zero attached hydrogens (tertiary/aromatic N) is 3. The van der Waals surface area contributed by atoms with Crippen molar-refractivity contribution in [2.75, 3.05) is 6.54 Å². The van der Waals surface area contributed by atoms with Crippen LogP contribution in [-0.2, 0) is 16.6 Å². The molecule has 2 N–H and O–H groups in total. The van der Waals surface area contributed by atoms with Crippen molar-refractivity contribution in [3.63, 3.8) is 0 Å². The monoisotopic (exact) mass is 338 g/mol. The van der Waals surface area contributed by atoms with Gasteiger partial charge in [0.1, 0.15) is 0 Å². The van der Waals surface area contributed by atoms with E-state index in [4.69, 9.17) is 5.11 Å². The van der Waals surface area contributed by atoms with E-state index < -0.39 is 16.0 Å². The standard InChI is InChI=1S/C14H18N4O4S/c1-10(2)11-3-5-12(6-4-11)23(21,22)15-7-8-18-9-13(14(19)20)16-17-18/h3-6,9-10,15H,7-8H2,1-2H3,(H,19,20). The maximum atomic E-state index is 12.2. The molecule has 0 saturated carbocycles. The first-order chi connectivity index (χ1) is 10.8.